The molecule has 1 fully saturated rings. The molecule has 2 rings (SSSR count). The van der Waals surface area contributed by atoms with Gasteiger partial charge in [-0.15, -0.1) is 13.2 Å². The second-order valence-corrected chi connectivity index (χ2v) is 4.96. The molecule has 1 aliphatic carbocycles. The summed E-state index contributed by atoms with van der Waals surface area (Å²) in [5, 5.41) is 19.7. The molecule has 0 saturated heterocycles. The minimum Gasteiger partial charge on any atom is -0.405 e. The first-order chi connectivity index (χ1) is 9.38. The van der Waals surface area contributed by atoms with Gasteiger partial charge in [-0.3, -0.25) is 0 Å². The number of nitriles is 1. The maximum Gasteiger partial charge on any atom is 0.573 e. The second-order valence-electron chi connectivity index (χ2n) is 4.96. The van der Waals surface area contributed by atoms with Gasteiger partial charge in [0, 0.05) is 5.56 Å². The van der Waals surface area contributed by atoms with E-state index in [0.717, 1.165) is 18.9 Å². The lowest BCUT2D eigenvalue weighted by Crippen LogP contribution is -2.26. The van der Waals surface area contributed by atoms with E-state index in [1.807, 2.05) is 0 Å². The van der Waals surface area contributed by atoms with Crippen LogP contribution >= 0.6 is 0 Å². The zero-order valence-electron chi connectivity index (χ0n) is 10.7. The summed E-state index contributed by atoms with van der Waals surface area (Å²) in [5.74, 6) is -0.450. The Hall–Kier alpha value is -1.74. The number of alkyl halides is 3. The minimum absolute atomic E-state index is 0.00766. The van der Waals surface area contributed by atoms with Gasteiger partial charge in [0.25, 0.3) is 0 Å². The summed E-state index contributed by atoms with van der Waals surface area (Å²) < 4.78 is 41.0. The molecule has 20 heavy (non-hydrogen) atoms. The lowest BCUT2D eigenvalue weighted by atomic mass is 9.78. The molecule has 1 aromatic rings. The Morgan fingerprint density at radius 3 is 2.40 bits per heavy atom. The van der Waals surface area contributed by atoms with Gasteiger partial charge in [0.05, 0.1) is 11.5 Å². The van der Waals surface area contributed by atoms with Crippen molar-refractivity contribution in [1.82, 2.24) is 0 Å². The van der Waals surface area contributed by atoms with E-state index in [1.165, 1.54) is 18.2 Å². The van der Waals surface area contributed by atoms with Crippen molar-refractivity contribution in [3.8, 4) is 11.8 Å². The van der Waals surface area contributed by atoms with Gasteiger partial charge in [-0.2, -0.15) is 5.26 Å². The summed E-state index contributed by atoms with van der Waals surface area (Å²) in [6.45, 7) is 0. The molecule has 0 amide bonds. The van der Waals surface area contributed by atoms with Crippen LogP contribution in [0.4, 0.5) is 13.2 Å². The Kier molecular flexibility index (Phi) is 3.91. The fourth-order valence-electron chi connectivity index (χ4n) is 2.67. The molecule has 0 heterocycles. The van der Waals surface area contributed by atoms with Crippen LogP contribution < -0.4 is 4.74 Å². The van der Waals surface area contributed by atoms with Crippen molar-refractivity contribution < 1.29 is 23.0 Å². The first-order valence-corrected chi connectivity index (χ1v) is 6.32. The van der Waals surface area contributed by atoms with Crippen LogP contribution in [0.15, 0.2) is 24.3 Å². The number of nitrogens with zero attached hydrogens (tertiary/aromatic N) is 1. The number of benzene rings is 1. The van der Waals surface area contributed by atoms with Gasteiger partial charge in [0.2, 0.25) is 0 Å². The highest BCUT2D eigenvalue weighted by Gasteiger charge is 2.43. The molecule has 0 aliphatic heterocycles. The highest BCUT2D eigenvalue weighted by atomic mass is 19.4. The molecule has 1 N–H and O–H groups in total. The maximum atomic E-state index is 12.4. The Balaban J connectivity index is 2.35. The Morgan fingerprint density at radius 2 is 1.85 bits per heavy atom. The van der Waals surface area contributed by atoms with Gasteiger partial charge in [-0.25, -0.2) is 0 Å². The van der Waals surface area contributed by atoms with Crippen LogP contribution in [0.1, 0.15) is 37.4 Å². The standard InChI is InChI=1S/C14H14F3NO2/c15-14(16,17)20-11-6-2-1-5-10(11)12(19)13(9-18)7-3-4-8-13/h1-2,5-6,12,19H,3-4,7-8H2. The molecule has 1 aliphatic rings. The quantitative estimate of drug-likeness (QED) is 0.921. The fourth-order valence-corrected chi connectivity index (χ4v) is 2.67. The molecule has 1 unspecified atom stereocenters. The Bertz CT molecular complexity index is 516. The minimum atomic E-state index is -4.83. The van der Waals surface area contributed by atoms with Gasteiger partial charge in [0.1, 0.15) is 11.9 Å². The Morgan fingerprint density at radius 1 is 1.25 bits per heavy atom. The van der Waals surface area contributed by atoms with Gasteiger partial charge in [-0.05, 0) is 18.9 Å². The molecular formula is C14H14F3NO2. The van der Waals surface area contributed by atoms with Crippen LogP contribution in [0, 0.1) is 16.7 Å². The maximum absolute atomic E-state index is 12.4. The summed E-state index contributed by atoms with van der Waals surface area (Å²) in [5.41, 5.74) is -1.02. The van der Waals surface area contributed by atoms with Crippen molar-refractivity contribution in [3.05, 3.63) is 29.8 Å². The van der Waals surface area contributed by atoms with E-state index in [9.17, 15) is 23.5 Å². The molecule has 1 saturated carbocycles. The number of hydrogen-bond donors (Lipinski definition) is 1. The van der Waals surface area contributed by atoms with E-state index in [0.29, 0.717) is 12.8 Å². The van der Waals surface area contributed by atoms with Crippen molar-refractivity contribution in [3.63, 3.8) is 0 Å². The summed E-state index contributed by atoms with van der Waals surface area (Å²) >= 11 is 0. The van der Waals surface area contributed by atoms with Crippen LogP contribution in [0.25, 0.3) is 0 Å². The average molecular weight is 285 g/mol. The third kappa shape index (κ3) is 2.88. The molecule has 0 radical (unpaired) electrons. The molecule has 1 atom stereocenters. The third-order valence-corrected chi connectivity index (χ3v) is 3.68. The number of hydrogen-bond acceptors (Lipinski definition) is 3. The molecule has 108 valence electrons. The van der Waals surface area contributed by atoms with Gasteiger partial charge < -0.3 is 9.84 Å². The van der Waals surface area contributed by atoms with E-state index < -0.39 is 23.6 Å². The fraction of sp³-hybridized carbons (Fsp3) is 0.500. The number of rotatable bonds is 3. The average Bonchev–Trinajstić information content (AvgIpc) is 2.86. The SMILES string of the molecule is N#CC1(C(O)c2ccccc2OC(F)(F)F)CCCC1. The highest BCUT2D eigenvalue weighted by Crippen LogP contribution is 2.49. The molecule has 0 aromatic heterocycles. The topological polar surface area (TPSA) is 53.2 Å². The first-order valence-electron chi connectivity index (χ1n) is 6.32. The monoisotopic (exact) mass is 285 g/mol. The number of para-hydroxylation sites is 1. The largest absolute Gasteiger partial charge is 0.573 e. The predicted molar refractivity (Wildman–Crippen MR) is 64.6 cm³/mol. The normalized spacial score (nSPS) is 19.4. The van der Waals surface area contributed by atoms with Crippen molar-refractivity contribution in [2.45, 2.75) is 38.1 Å². The number of halogens is 3. The van der Waals surface area contributed by atoms with Crippen LogP contribution in [-0.4, -0.2) is 11.5 Å². The molecule has 3 nitrogen and oxygen atoms in total. The van der Waals surface area contributed by atoms with E-state index in [1.54, 1.807) is 0 Å². The first kappa shape index (κ1) is 14.7. The lowest BCUT2D eigenvalue weighted by molar-refractivity contribution is -0.275. The van der Waals surface area contributed by atoms with Crippen LogP contribution in [0.2, 0.25) is 0 Å². The molecule has 0 spiro atoms. The summed E-state index contributed by atoms with van der Waals surface area (Å²) in [4.78, 5) is 0. The van der Waals surface area contributed by atoms with E-state index >= 15 is 0 Å². The molecule has 1 aromatic carbocycles. The number of aliphatic hydroxyl groups is 1. The zero-order chi connectivity index (χ0) is 14.8. The van der Waals surface area contributed by atoms with E-state index in [-0.39, 0.29) is 5.56 Å². The number of ether oxygens (including phenoxy) is 1. The van der Waals surface area contributed by atoms with Gasteiger partial charge >= 0.3 is 6.36 Å². The molecular weight excluding hydrogens is 271 g/mol. The number of aliphatic hydroxyl groups excluding tert-OH is 1. The van der Waals surface area contributed by atoms with E-state index in [4.69, 9.17) is 0 Å². The zero-order valence-corrected chi connectivity index (χ0v) is 10.7. The summed E-state index contributed by atoms with van der Waals surface area (Å²) in [6.07, 6.45) is -3.59. The van der Waals surface area contributed by atoms with Crippen LogP contribution in [-0.2, 0) is 0 Å². The van der Waals surface area contributed by atoms with E-state index in [2.05, 4.69) is 10.8 Å². The Labute approximate surface area is 114 Å². The van der Waals surface area contributed by atoms with Crippen molar-refractivity contribution >= 4 is 0 Å². The van der Waals surface area contributed by atoms with Gasteiger partial charge in [0.15, 0.2) is 0 Å². The van der Waals surface area contributed by atoms with Crippen molar-refractivity contribution in [2.24, 2.45) is 5.41 Å². The summed E-state index contributed by atoms with van der Waals surface area (Å²) in [7, 11) is 0. The van der Waals surface area contributed by atoms with Crippen molar-refractivity contribution in [2.75, 3.05) is 0 Å². The van der Waals surface area contributed by atoms with Gasteiger partial charge in [-0.1, -0.05) is 31.0 Å². The molecule has 6 heteroatoms. The van der Waals surface area contributed by atoms with Crippen LogP contribution in [0.5, 0.6) is 5.75 Å². The van der Waals surface area contributed by atoms with Crippen LogP contribution in [0.3, 0.4) is 0 Å². The smallest absolute Gasteiger partial charge is 0.405 e. The highest BCUT2D eigenvalue weighted by molar-refractivity contribution is 5.37. The lowest BCUT2D eigenvalue weighted by Gasteiger charge is -2.28. The second kappa shape index (κ2) is 5.33. The molecule has 0 bridgehead atoms. The summed E-state index contributed by atoms with van der Waals surface area (Å²) in [6, 6.07) is 7.50. The van der Waals surface area contributed by atoms with Crippen molar-refractivity contribution in [1.29, 1.82) is 5.26 Å². The predicted octanol–water partition coefficient (Wildman–Crippen LogP) is 3.70. The third-order valence-electron chi connectivity index (χ3n) is 3.68.